The van der Waals surface area contributed by atoms with E-state index in [1.54, 1.807) is 12.3 Å². The summed E-state index contributed by atoms with van der Waals surface area (Å²) in [5.74, 6) is 0.203. The van der Waals surface area contributed by atoms with Crippen LogP contribution in [0.15, 0.2) is 23.3 Å². The predicted octanol–water partition coefficient (Wildman–Crippen LogP) is -0.0485. The van der Waals surface area contributed by atoms with Crippen LogP contribution in [0.3, 0.4) is 0 Å². The van der Waals surface area contributed by atoms with Crippen LogP contribution in [0.5, 0.6) is 5.75 Å². The number of phenolic OH excluding ortho intramolecular Hbond substituents is 1. The molecule has 0 bridgehead atoms. The minimum Gasteiger partial charge on any atom is -0.507 e. The quantitative estimate of drug-likeness (QED) is 0.288. The maximum atomic E-state index is 10.2. The molecular formula is C18H30N5O2S+. The van der Waals surface area contributed by atoms with Gasteiger partial charge in [0.1, 0.15) is 18.8 Å². The van der Waals surface area contributed by atoms with Gasteiger partial charge in [0.05, 0.1) is 32.5 Å². The number of hydrogen-bond donors (Lipinski definition) is 4. The predicted molar refractivity (Wildman–Crippen MR) is 109 cm³/mol. The van der Waals surface area contributed by atoms with Gasteiger partial charge in [-0.25, -0.2) is 0 Å². The smallest absolute Gasteiger partial charge is 0.187 e. The normalized spacial score (nSPS) is 15.2. The molecule has 1 fully saturated rings. The molecule has 1 saturated heterocycles. The fraction of sp³-hybridized carbons (Fsp3) is 0.556. The van der Waals surface area contributed by atoms with Gasteiger partial charge in [0.2, 0.25) is 0 Å². The van der Waals surface area contributed by atoms with Crippen LogP contribution in [-0.4, -0.2) is 68.9 Å². The van der Waals surface area contributed by atoms with Crippen molar-refractivity contribution in [2.75, 3.05) is 57.4 Å². The Morgan fingerprint density at radius 1 is 1.35 bits per heavy atom. The molecule has 0 aromatic heterocycles. The van der Waals surface area contributed by atoms with Gasteiger partial charge in [-0.2, -0.15) is 5.10 Å². The summed E-state index contributed by atoms with van der Waals surface area (Å²) in [6, 6.07) is 5.60. The number of hydrazone groups is 1. The molecule has 7 nitrogen and oxygen atoms in total. The van der Waals surface area contributed by atoms with Gasteiger partial charge in [-0.1, -0.05) is 0 Å². The summed E-state index contributed by atoms with van der Waals surface area (Å²) in [6.45, 7) is 11.5. The van der Waals surface area contributed by atoms with Gasteiger partial charge in [0, 0.05) is 30.4 Å². The molecule has 0 aliphatic carbocycles. The molecule has 0 atom stereocenters. The average Bonchev–Trinajstić information content (AvgIpc) is 2.65. The highest BCUT2D eigenvalue weighted by atomic mass is 32.1. The van der Waals surface area contributed by atoms with Crippen LogP contribution in [-0.2, 0) is 4.74 Å². The van der Waals surface area contributed by atoms with E-state index in [4.69, 9.17) is 17.0 Å². The van der Waals surface area contributed by atoms with Crippen LogP contribution in [0.4, 0.5) is 5.69 Å². The minimum atomic E-state index is 0.203. The molecule has 1 aliphatic heterocycles. The lowest BCUT2D eigenvalue weighted by molar-refractivity contribution is -0.906. The number of hydrogen-bond acceptors (Lipinski definition) is 5. The Morgan fingerprint density at radius 3 is 2.73 bits per heavy atom. The number of aromatic hydroxyl groups is 1. The van der Waals surface area contributed by atoms with E-state index in [-0.39, 0.29) is 5.75 Å². The molecule has 144 valence electrons. The SMILES string of the molecule is CCN(CC)c1ccc(/C=N/NC(=S)NCC[NH+]2CCOCC2)c(O)c1. The Morgan fingerprint density at radius 2 is 2.08 bits per heavy atom. The monoisotopic (exact) mass is 380 g/mol. The van der Waals surface area contributed by atoms with Gasteiger partial charge >= 0.3 is 0 Å². The molecule has 26 heavy (non-hydrogen) atoms. The van der Waals surface area contributed by atoms with Gasteiger partial charge in [-0.05, 0) is 38.2 Å². The summed E-state index contributed by atoms with van der Waals surface area (Å²) < 4.78 is 5.34. The lowest BCUT2D eigenvalue weighted by Gasteiger charge is -2.23. The van der Waals surface area contributed by atoms with E-state index in [0.717, 1.165) is 58.2 Å². The van der Waals surface area contributed by atoms with Crippen molar-refractivity contribution in [2.24, 2.45) is 5.10 Å². The van der Waals surface area contributed by atoms with E-state index < -0.39 is 0 Å². The summed E-state index contributed by atoms with van der Waals surface area (Å²) in [5.41, 5.74) is 4.44. The van der Waals surface area contributed by atoms with Crippen LogP contribution in [0, 0.1) is 0 Å². The maximum absolute atomic E-state index is 10.2. The molecule has 0 radical (unpaired) electrons. The second-order valence-corrected chi connectivity index (χ2v) is 6.56. The average molecular weight is 381 g/mol. The topological polar surface area (TPSA) is 73.6 Å². The lowest BCUT2D eigenvalue weighted by atomic mass is 10.2. The Labute approximate surface area is 161 Å². The van der Waals surface area contributed by atoms with Gasteiger partial charge in [0.25, 0.3) is 0 Å². The molecule has 0 amide bonds. The van der Waals surface area contributed by atoms with E-state index in [2.05, 4.69) is 34.6 Å². The first-order valence-corrected chi connectivity index (χ1v) is 9.61. The fourth-order valence-corrected chi connectivity index (χ4v) is 3.04. The van der Waals surface area contributed by atoms with Crippen molar-refractivity contribution in [3.8, 4) is 5.75 Å². The summed E-state index contributed by atoms with van der Waals surface area (Å²) in [7, 11) is 0. The zero-order valence-electron chi connectivity index (χ0n) is 15.6. The van der Waals surface area contributed by atoms with E-state index >= 15 is 0 Å². The lowest BCUT2D eigenvalue weighted by Crippen LogP contribution is -3.14. The third-order valence-corrected chi connectivity index (χ3v) is 4.71. The highest BCUT2D eigenvalue weighted by Crippen LogP contribution is 2.23. The number of nitrogens with zero attached hydrogens (tertiary/aromatic N) is 2. The standard InChI is InChI=1S/C18H29N5O2S/c1-3-23(4-2)16-6-5-15(17(24)13-16)14-20-21-18(26)19-7-8-22-9-11-25-12-10-22/h5-6,13-14,24H,3-4,7-12H2,1-2H3,(H2,19,21,26)/p+1/b20-14+. The van der Waals surface area contributed by atoms with Crippen molar-refractivity contribution in [3.05, 3.63) is 23.8 Å². The van der Waals surface area contributed by atoms with Gasteiger partial charge < -0.3 is 25.0 Å². The van der Waals surface area contributed by atoms with Crippen molar-refractivity contribution < 1.29 is 14.7 Å². The molecule has 1 heterocycles. The summed E-state index contributed by atoms with van der Waals surface area (Å²) >= 11 is 5.22. The first kappa shape index (κ1) is 20.4. The van der Waals surface area contributed by atoms with E-state index in [1.807, 2.05) is 12.1 Å². The van der Waals surface area contributed by atoms with Gasteiger partial charge in [-0.3, -0.25) is 5.43 Å². The largest absolute Gasteiger partial charge is 0.507 e. The van der Waals surface area contributed by atoms with Crippen LogP contribution >= 0.6 is 12.2 Å². The first-order valence-electron chi connectivity index (χ1n) is 9.20. The summed E-state index contributed by atoms with van der Waals surface area (Å²) in [4.78, 5) is 3.70. The summed E-state index contributed by atoms with van der Waals surface area (Å²) in [5, 5.41) is 17.9. The number of ether oxygens (including phenoxy) is 1. The fourth-order valence-electron chi connectivity index (χ4n) is 2.89. The molecule has 1 aromatic carbocycles. The molecule has 2 rings (SSSR count). The van der Waals surface area contributed by atoms with Crippen LogP contribution < -0.4 is 20.5 Å². The Balaban J connectivity index is 1.75. The first-order chi connectivity index (χ1) is 12.6. The number of quaternary nitrogens is 1. The zero-order chi connectivity index (χ0) is 18.8. The van der Waals surface area contributed by atoms with Crippen molar-refractivity contribution in [2.45, 2.75) is 13.8 Å². The van der Waals surface area contributed by atoms with Crippen molar-refractivity contribution >= 4 is 29.2 Å². The van der Waals surface area contributed by atoms with Gasteiger partial charge in [-0.15, -0.1) is 0 Å². The third-order valence-electron chi connectivity index (χ3n) is 4.48. The van der Waals surface area contributed by atoms with E-state index in [0.29, 0.717) is 10.7 Å². The number of nitrogens with one attached hydrogen (secondary N) is 3. The van der Waals surface area contributed by atoms with Gasteiger partial charge in [0.15, 0.2) is 5.11 Å². The number of rotatable bonds is 8. The van der Waals surface area contributed by atoms with Crippen molar-refractivity contribution in [1.82, 2.24) is 10.7 Å². The third kappa shape index (κ3) is 6.44. The highest BCUT2D eigenvalue weighted by molar-refractivity contribution is 7.80. The van der Waals surface area contributed by atoms with Crippen molar-refractivity contribution in [1.29, 1.82) is 0 Å². The number of thiocarbonyl (C=S) groups is 1. The highest BCUT2D eigenvalue weighted by Gasteiger charge is 2.12. The Kier molecular flexibility index (Phi) is 8.60. The number of morpholine rings is 1. The number of benzene rings is 1. The molecule has 1 aromatic rings. The summed E-state index contributed by atoms with van der Waals surface area (Å²) in [6.07, 6.45) is 1.57. The maximum Gasteiger partial charge on any atom is 0.187 e. The minimum absolute atomic E-state index is 0.203. The molecule has 1 aliphatic rings. The Bertz CT molecular complexity index is 601. The molecule has 0 spiro atoms. The molecule has 4 N–H and O–H groups in total. The molecular weight excluding hydrogens is 350 g/mol. The van der Waals surface area contributed by atoms with Crippen molar-refractivity contribution in [3.63, 3.8) is 0 Å². The number of anilines is 1. The van der Waals surface area contributed by atoms with E-state index in [9.17, 15) is 5.11 Å². The number of phenols is 1. The second-order valence-electron chi connectivity index (χ2n) is 6.15. The molecule has 8 heteroatoms. The zero-order valence-corrected chi connectivity index (χ0v) is 16.4. The second kappa shape index (κ2) is 10.9. The molecule has 0 unspecified atom stereocenters. The van der Waals surface area contributed by atoms with E-state index in [1.165, 1.54) is 4.90 Å². The Hall–Kier alpha value is -1.90. The molecule has 0 saturated carbocycles. The van der Waals surface area contributed by atoms with Crippen LogP contribution in [0.25, 0.3) is 0 Å². The van der Waals surface area contributed by atoms with Crippen LogP contribution in [0.2, 0.25) is 0 Å². The van der Waals surface area contributed by atoms with Crippen LogP contribution in [0.1, 0.15) is 19.4 Å².